The molecular weight excluding hydrogens is 166 g/mol. The Hall–Kier alpha value is -0.680. The van der Waals surface area contributed by atoms with Gasteiger partial charge in [0, 0.05) is 12.5 Å². The molecular formula is C5H10ClN5. The summed E-state index contributed by atoms with van der Waals surface area (Å²) in [7, 11) is 0. The molecule has 0 spiro atoms. The van der Waals surface area contributed by atoms with Crippen molar-refractivity contribution in [1.82, 2.24) is 25.9 Å². The summed E-state index contributed by atoms with van der Waals surface area (Å²) in [6.07, 6.45) is 1.12. The fourth-order valence-electron chi connectivity index (χ4n) is 1.22. The number of H-pyrrole nitrogens is 1. The average Bonchev–Trinajstić information content (AvgIpc) is 2.59. The van der Waals surface area contributed by atoms with Crippen molar-refractivity contribution in [1.29, 1.82) is 0 Å². The molecule has 0 aliphatic carbocycles. The lowest BCUT2D eigenvalue weighted by atomic mass is 10.1. The predicted molar refractivity (Wildman–Crippen MR) is 41.7 cm³/mol. The number of nitrogens with zero attached hydrogens (tertiary/aromatic N) is 3. The molecule has 0 bridgehead atoms. The van der Waals surface area contributed by atoms with Crippen LogP contribution < -0.4 is 5.32 Å². The molecule has 1 aromatic heterocycles. The summed E-state index contributed by atoms with van der Waals surface area (Å²) in [4.78, 5) is 0. The van der Waals surface area contributed by atoms with Crippen LogP contribution in [0.2, 0.25) is 0 Å². The molecule has 2 rings (SSSR count). The second kappa shape index (κ2) is 3.64. The van der Waals surface area contributed by atoms with E-state index in [1.165, 1.54) is 0 Å². The van der Waals surface area contributed by atoms with E-state index in [-0.39, 0.29) is 12.4 Å². The van der Waals surface area contributed by atoms with Crippen LogP contribution in [0.4, 0.5) is 0 Å². The molecule has 1 aliphatic heterocycles. The summed E-state index contributed by atoms with van der Waals surface area (Å²) in [5.41, 5.74) is 0. The van der Waals surface area contributed by atoms with Crippen LogP contribution in [0.5, 0.6) is 0 Å². The van der Waals surface area contributed by atoms with Crippen LogP contribution in [-0.4, -0.2) is 33.7 Å². The van der Waals surface area contributed by atoms with E-state index in [0.29, 0.717) is 5.92 Å². The Labute approximate surface area is 70.4 Å². The quantitative estimate of drug-likeness (QED) is 0.615. The Bertz CT molecular complexity index is 193. The third kappa shape index (κ3) is 1.66. The Morgan fingerprint density at radius 1 is 1.45 bits per heavy atom. The minimum atomic E-state index is 0. The maximum absolute atomic E-state index is 3.91. The maximum atomic E-state index is 3.91. The Morgan fingerprint density at radius 2 is 2.36 bits per heavy atom. The van der Waals surface area contributed by atoms with E-state index < -0.39 is 0 Å². The van der Waals surface area contributed by atoms with Gasteiger partial charge in [-0.2, -0.15) is 5.21 Å². The van der Waals surface area contributed by atoms with Crippen molar-refractivity contribution >= 4 is 12.4 Å². The van der Waals surface area contributed by atoms with Gasteiger partial charge in [0.25, 0.3) is 0 Å². The lowest BCUT2D eigenvalue weighted by Crippen LogP contribution is -2.08. The molecule has 1 unspecified atom stereocenters. The molecule has 2 heterocycles. The topological polar surface area (TPSA) is 66.5 Å². The van der Waals surface area contributed by atoms with Crippen LogP contribution in [0.1, 0.15) is 18.2 Å². The SMILES string of the molecule is C1CC(c2nn[nH]n2)CN1.Cl. The molecule has 5 nitrogen and oxygen atoms in total. The number of tetrazole rings is 1. The molecule has 1 aliphatic rings. The van der Waals surface area contributed by atoms with E-state index in [1.807, 2.05) is 0 Å². The summed E-state index contributed by atoms with van der Waals surface area (Å²) in [6, 6.07) is 0. The molecule has 2 N–H and O–H groups in total. The number of hydrogen-bond acceptors (Lipinski definition) is 4. The van der Waals surface area contributed by atoms with E-state index >= 15 is 0 Å². The molecule has 62 valence electrons. The molecule has 1 fully saturated rings. The van der Waals surface area contributed by atoms with Crippen molar-refractivity contribution in [3.8, 4) is 0 Å². The lowest BCUT2D eigenvalue weighted by molar-refractivity contribution is 0.704. The van der Waals surface area contributed by atoms with Gasteiger partial charge in [-0.25, -0.2) is 0 Å². The molecule has 0 saturated carbocycles. The zero-order valence-electron chi connectivity index (χ0n) is 5.95. The van der Waals surface area contributed by atoms with Crippen molar-refractivity contribution < 1.29 is 0 Å². The number of halogens is 1. The number of nitrogens with one attached hydrogen (secondary N) is 2. The van der Waals surface area contributed by atoms with Gasteiger partial charge < -0.3 is 5.32 Å². The highest BCUT2D eigenvalue weighted by molar-refractivity contribution is 5.85. The Kier molecular flexibility index (Phi) is 2.78. The summed E-state index contributed by atoms with van der Waals surface area (Å²) in [6.45, 7) is 2.05. The molecule has 0 amide bonds. The second-order valence-electron chi connectivity index (χ2n) is 2.46. The molecule has 0 radical (unpaired) electrons. The molecule has 1 atom stereocenters. The highest BCUT2D eigenvalue weighted by Crippen LogP contribution is 2.16. The van der Waals surface area contributed by atoms with Crippen LogP contribution in [0.15, 0.2) is 0 Å². The molecule has 1 saturated heterocycles. The van der Waals surface area contributed by atoms with Crippen LogP contribution in [-0.2, 0) is 0 Å². The van der Waals surface area contributed by atoms with E-state index in [4.69, 9.17) is 0 Å². The van der Waals surface area contributed by atoms with Gasteiger partial charge in [-0.3, -0.25) is 0 Å². The van der Waals surface area contributed by atoms with Crippen LogP contribution in [0.25, 0.3) is 0 Å². The first-order chi connectivity index (χ1) is 4.97. The molecule has 0 aromatic carbocycles. The van der Waals surface area contributed by atoms with Gasteiger partial charge in [0.15, 0.2) is 5.82 Å². The summed E-state index contributed by atoms with van der Waals surface area (Å²) >= 11 is 0. The summed E-state index contributed by atoms with van der Waals surface area (Å²) in [5, 5.41) is 17.0. The Morgan fingerprint density at radius 3 is 2.91 bits per heavy atom. The molecule has 6 heteroatoms. The zero-order chi connectivity index (χ0) is 6.81. The van der Waals surface area contributed by atoms with Crippen molar-refractivity contribution in [3.05, 3.63) is 5.82 Å². The summed E-state index contributed by atoms with van der Waals surface area (Å²) in [5.74, 6) is 1.31. The van der Waals surface area contributed by atoms with Gasteiger partial charge in [-0.15, -0.1) is 22.6 Å². The fourth-order valence-corrected chi connectivity index (χ4v) is 1.22. The minimum Gasteiger partial charge on any atom is -0.316 e. The van der Waals surface area contributed by atoms with E-state index in [0.717, 1.165) is 25.3 Å². The van der Waals surface area contributed by atoms with Gasteiger partial charge in [0.2, 0.25) is 0 Å². The van der Waals surface area contributed by atoms with Crippen molar-refractivity contribution in [3.63, 3.8) is 0 Å². The largest absolute Gasteiger partial charge is 0.316 e. The first-order valence-corrected chi connectivity index (χ1v) is 3.41. The maximum Gasteiger partial charge on any atom is 0.178 e. The van der Waals surface area contributed by atoms with E-state index in [2.05, 4.69) is 25.9 Å². The van der Waals surface area contributed by atoms with Gasteiger partial charge in [-0.05, 0) is 13.0 Å². The fraction of sp³-hybridized carbons (Fsp3) is 0.800. The van der Waals surface area contributed by atoms with Crippen LogP contribution in [0.3, 0.4) is 0 Å². The van der Waals surface area contributed by atoms with Gasteiger partial charge in [0.05, 0.1) is 0 Å². The monoisotopic (exact) mass is 175 g/mol. The third-order valence-corrected chi connectivity index (χ3v) is 1.79. The Balaban J connectivity index is 0.000000605. The number of aromatic nitrogens is 4. The van der Waals surface area contributed by atoms with Crippen molar-refractivity contribution in [2.75, 3.05) is 13.1 Å². The second-order valence-corrected chi connectivity index (χ2v) is 2.46. The minimum absolute atomic E-state index is 0. The highest BCUT2D eigenvalue weighted by Gasteiger charge is 2.19. The molecule has 11 heavy (non-hydrogen) atoms. The first-order valence-electron chi connectivity index (χ1n) is 3.41. The third-order valence-electron chi connectivity index (χ3n) is 1.79. The van der Waals surface area contributed by atoms with Crippen molar-refractivity contribution in [2.45, 2.75) is 12.3 Å². The predicted octanol–water partition coefficient (Wildman–Crippen LogP) is -0.302. The van der Waals surface area contributed by atoms with Gasteiger partial charge in [0.1, 0.15) is 0 Å². The number of hydrogen-bond donors (Lipinski definition) is 2. The number of rotatable bonds is 1. The highest BCUT2D eigenvalue weighted by atomic mass is 35.5. The van der Waals surface area contributed by atoms with E-state index in [9.17, 15) is 0 Å². The van der Waals surface area contributed by atoms with E-state index in [1.54, 1.807) is 0 Å². The van der Waals surface area contributed by atoms with Crippen LogP contribution >= 0.6 is 12.4 Å². The van der Waals surface area contributed by atoms with Gasteiger partial charge in [-0.1, -0.05) is 5.21 Å². The zero-order valence-corrected chi connectivity index (χ0v) is 6.77. The summed E-state index contributed by atoms with van der Waals surface area (Å²) < 4.78 is 0. The average molecular weight is 176 g/mol. The van der Waals surface area contributed by atoms with Crippen molar-refractivity contribution in [2.24, 2.45) is 0 Å². The lowest BCUT2D eigenvalue weighted by Gasteiger charge is -1.97. The van der Waals surface area contributed by atoms with Crippen LogP contribution in [0, 0.1) is 0 Å². The smallest absolute Gasteiger partial charge is 0.178 e. The number of aromatic amines is 1. The standard InChI is InChI=1S/C5H9N5.ClH/c1-2-6-3-4(1)5-7-9-10-8-5;/h4,6H,1-3H2,(H,7,8,9,10);1H. The normalized spacial score (nSPS) is 23.1. The first kappa shape index (κ1) is 8.42. The van der Waals surface area contributed by atoms with Gasteiger partial charge >= 0.3 is 0 Å². The molecule has 1 aromatic rings.